The Morgan fingerprint density at radius 2 is 2.06 bits per heavy atom. The minimum atomic E-state index is -1.06. The van der Waals surface area contributed by atoms with Crippen LogP contribution in [-0.2, 0) is 9.47 Å². The summed E-state index contributed by atoms with van der Waals surface area (Å²) in [4.78, 5) is 0. The van der Waals surface area contributed by atoms with E-state index in [-0.39, 0.29) is 18.8 Å². The smallest absolute Gasteiger partial charge is 0.197 e. The van der Waals surface area contributed by atoms with Gasteiger partial charge in [-0.05, 0) is 19.8 Å². The zero-order valence-corrected chi connectivity index (χ0v) is 9.50. The molecule has 0 aliphatic carbocycles. The monoisotopic (exact) mass is 232 g/mol. The lowest BCUT2D eigenvalue weighted by Gasteiger charge is -2.44. The van der Waals surface area contributed by atoms with E-state index >= 15 is 0 Å². The summed E-state index contributed by atoms with van der Waals surface area (Å²) in [7, 11) is 0. The van der Waals surface area contributed by atoms with Crippen LogP contribution in [0.5, 0.6) is 0 Å². The van der Waals surface area contributed by atoms with Gasteiger partial charge in [0.1, 0.15) is 6.10 Å². The third-order valence-electron chi connectivity index (χ3n) is 3.44. The topological polar surface area (TPSA) is 79.2 Å². The number of aliphatic hydroxyl groups excluding tert-OH is 3. The standard InChI is InChI=1S/C11H20O5/c1-7-2-4-11(15-7)10(14)9(13)6-8(16-11)3-5-12/h7-10,12-14H,2-6H2,1H3/t7-,8+,9-,10+,11+/m1/s1. The average molecular weight is 232 g/mol. The van der Waals surface area contributed by atoms with Gasteiger partial charge in [-0.1, -0.05) is 0 Å². The van der Waals surface area contributed by atoms with Crippen molar-refractivity contribution < 1.29 is 24.8 Å². The molecule has 0 unspecified atom stereocenters. The molecular formula is C11H20O5. The van der Waals surface area contributed by atoms with Gasteiger partial charge in [-0.2, -0.15) is 0 Å². The van der Waals surface area contributed by atoms with Crippen LogP contribution in [0.15, 0.2) is 0 Å². The third-order valence-corrected chi connectivity index (χ3v) is 3.44. The van der Waals surface area contributed by atoms with Crippen LogP contribution in [0, 0.1) is 0 Å². The number of rotatable bonds is 2. The fourth-order valence-electron chi connectivity index (χ4n) is 2.58. The lowest BCUT2D eigenvalue weighted by atomic mass is 9.92. The summed E-state index contributed by atoms with van der Waals surface area (Å²) in [6, 6.07) is 0. The highest BCUT2D eigenvalue weighted by molar-refractivity contribution is 4.95. The molecule has 5 atom stereocenters. The number of hydrogen-bond donors (Lipinski definition) is 3. The van der Waals surface area contributed by atoms with E-state index < -0.39 is 18.0 Å². The van der Waals surface area contributed by atoms with Gasteiger partial charge in [0.15, 0.2) is 5.79 Å². The van der Waals surface area contributed by atoms with Crippen LogP contribution in [0.3, 0.4) is 0 Å². The molecule has 5 nitrogen and oxygen atoms in total. The van der Waals surface area contributed by atoms with Crippen molar-refractivity contribution in [1.82, 2.24) is 0 Å². The van der Waals surface area contributed by atoms with Crippen LogP contribution in [0.2, 0.25) is 0 Å². The maximum Gasteiger partial charge on any atom is 0.197 e. The first-order valence-corrected chi connectivity index (χ1v) is 5.90. The number of ether oxygens (including phenoxy) is 2. The minimum absolute atomic E-state index is 0.0130. The van der Waals surface area contributed by atoms with Crippen LogP contribution in [-0.4, -0.2) is 52.1 Å². The molecule has 2 fully saturated rings. The summed E-state index contributed by atoms with van der Waals surface area (Å²) in [6.07, 6.45) is 0.181. The van der Waals surface area contributed by atoms with E-state index in [1.165, 1.54) is 0 Å². The number of aliphatic hydroxyl groups is 3. The number of hydrogen-bond acceptors (Lipinski definition) is 5. The van der Waals surface area contributed by atoms with Gasteiger partial charge in [-0.25, -0.2) is 0 Å². The molecule has 0 aromatic rings. The predicted molar refractivity (Wildman–Crippen MR) is 55.7 cm³/mol. The van der Waals surface area contributed by atoms with Crippen molar-refractivity contribution in [2.45, 2.75) is 62.8 Å². The zero-order valence-electron chi connectivity index (χ0n) is 9.50. The Bertz CT molecular complexity index is 247. The molecule has 2 saturated heterocycles. The van der Waals surface area contributed by atoms with Crippen molar-refractivity contribution in [1.29, 1.82) is 0 Å². The summed E-state index contributed by atoms with van der Waals surface area (Å²) >= 11 is 0. The zero-order chi connectivity index (χ0) is 11.8. The molecule has 2 heterocycles. The second kappa shape index (κ2) is 4.58. The Balaban J connectivity index is 2.09. The van der Waals surface area contributed by atoms with Crippen molar-refractivity contribution in [2.24, 2.45) is 0 Å². The van der Waals surface area contributed by atoms with Crippen LogP contribution < -0.4 is 0 Å². The van der Waals surface area contributed by atoms with Crippen molar-refractivity contribution in [2.75, 3.05) is 6.61 Å². The molecule has 94 valence electrons. The Morgan fingerprint density at radius 1 is 1.31 bits per heavy atom. The molecule has 2 aliphatic rings. The molecule has 2 rings (SSSR count). The SMILES string of the molecule is C[C@@H]1CC[C@@]2(O[C@@H](CCO)C[C@@H](O)[C@@H]2O)O1. The van der Waals surface area contributed by atoms with Crippen LogP contribution in [0.1, 0.15) is 32.6 Å². The Morgan fingerprint density at radius 3 is 2.62 bits per heavy atom. The molecule has 1 spiro atoms. The third kappa shape index (κ3) is 2.10. The summed E-state index contributed by atoms with van der Waals surface area (Å²) < 4.78 is 11.4. The first-order chi connectivity index (χ1) is 7.57. The lowest BCUT2D eigenvalue weighted by molar-refractivity contribution is -0.331. The highest BCUT2D eigenvalue weighted by Gasteiger charge is 2.53. The largest absolute Gasteiger partial charge is 0.396 e. The normalized spacial score (nSPS) is 48.8. The fraction of sp³-hybridized carbons (Fsp3) is 1.00. The van der Waals surface area contributed by atoms with Crippen LogP contribution >= 0.6 is 0 Å². The first kappa shape index (κ1) is 12.3. The second-order valence-electron chi connectivity index (χ2n) is 4.78. The van der Waals surface area contributed by atoms with E-state index in [0.717, 1.165) is 6.42 Å². The summed E-state index contributed by atoms with van der Waals surface area (Å²) in [5, 5.41) is 28.7. The molecule has 0 aromatic heterocycles. The van der Waals surface area contributed by atoms with Gasteiger partial charge in [0.2, 0.25) is 0 Å². The molecule has 0 aromatic carbocycles. The van der Waals surface area contributed by atoms with Gasteiger partial charge < -0.3 is 24.8 Å². The molecular weight excluding hydrogens is 212 g/mol. The van der Waals surface area contributed by atoms with E-state index in [4.69, 9.17) is 14.6 Å². The van der Waals surface area contributed by atoms with Gasteiger partial charge >= 0.3 is 0 Å². The molecule has 16 heavy (non-hydrogen) atoms. The van der Waals surface area contributed by atoms with Gasteiger partial charge in [-0.15, -0.1) is 0 Å². The predicted octanol–water partition coefficient (Wildman–Crippen LogP) is -0.225. The van der Waals surface area contributed by atoms with Gasteiger partial charge in [-0.3, -0.25) is 0 Å². The second-order valence-corrected chi connectivity index (χ2v) is 4.78. The Hall–Kier alpha value is -0.200. The van der Waals surface area contributed by atoms with E-state index in [1.54, 1.807) is 0 Å². The van der Waals surface area contributed by atoms with Crippen molar-refractivity contribution >= 4 is 0 Å². The van der Waals surface area contributed by atoms with Crippen molar-refractivity contribution in [3.8, 4) is 0 Å². The minimum Gasteiger partial charge on any atom is -0.396 e. The highest BCUT2D eigenvalue weighted by Crippen LogP contribution is 2.41. The van der Waals surface area contributed by atoms with Crippen molar-refractivity contribution in [3.05, 3.63) is 0 Å². The maximum absolute atomic E-state index is 9.97. The molecule has 3 N–H and O–H groups in total. The first-order valence-electron chi connectivity index (χ1n) is 5.90. The summed E-state index contributed by atoms with van der Waals surface area (Å²) in [5.41, 5.74) is 0. The van der Waals surface area contributed by atoms with Gasteiger partial charge in [0, 0.05) is 19.4 Å². The lowest BCUT2D eigenvalue weighted by Crippen LogP contribution is -2.58. The van der Waals surface area contributed by atoms with Crippen molar-refractivity contribution in [3.63, 3.8) is 0 Å². The van der Waals surface area contributed by atoms with Gasteiger partial charge in [0.05, 0.1) is 18.3 Å². The fourth-order valence-corrected chi connectivity index (χ4v) is 2.58. The maximum atomic E-state index is 9.97. The van der Waals surface area contributed by atoms with E-state index in [2.05, 4.69) is 0 Å². The molecule has 0 saturated carbocycles. The molecule has 0 radical (unpaired) electrons. The Labute approximate surface area is 95.0 Å². The van der Waals surface area contributed by atoms with E-state index in [1.807, 2.05) is 6.92 Å². The van der Waals surface area contributed by atoms with Crippen LogP contribution in [0.25, 0.3) is 0 Å². The molecule has 0 bridgehead atoms. The average Bonchev–Trinajstić information content (AvgIpc) is 2.58. The van der Waals surface area contributed by atoms with E-state index in [9.17, 15) is 10.2 Å². The molecule has 5 heteroatoms. The summed E-state index contributed by atoms with van der Waals surface area (Å²) in [5.74, 6) is -1.06. The van der Waals surface area contributed by atoms with Gasteiger partial charge in [0.25, 0.3) is 0 Å². The van der Waals surface area contributed by atoms with E-state index in [0.29, 0.717) is 19.3 Å². The molecule has 2 aliphatic heterocycles. The molecule has 0 amide bonds. The van der Waals surface area contributed by atoms with Crippen LogP contribution in [0.4, 0.5) is 0 Å². The highest BCUT2D eigenvalue weighted by atomic mass is 16.7. The Kier molecular flexibility index (Phi) is 3.51. The quantitative estimate of drug-likeness (QED) is 0.613. The summed E-state index contributed by atoms with van der Waals surface area (Å²) in [6.45, 7) is 1.94.